The minimum Gasteiger partial charge on any atom is -0.439 e. The predicted octanol–water partition coefficient (Wildman–Crippen LogP) is 3.63. The van der Waals surface area contributed by atoms with Gasteiger partial charge in [-0.15, -0.1) is 6.58 Å². The van der Waals surface area contributed by atoms with Crippen molar-refractivity contribution < 1.29 is 82.9 Å². The number of allylic oxidation sites excluding steroid dienone is 6. The summed E-state index contributed by atoms with van der Waals surface area (Å²) in [7, 11) is 5.89. The van der Waals surface area contributed by atoms with Crippen LogP contribution in [0.25, 0.3) is 0 Å². The monoisotopic (exact) mass is 1180 g/mol. The molecule has 0 spiro atoms. The zero-order valence-electron chi connectivity index (χ0n) is 50.6. The third kappa shape index (κ3) is 20.7. The van der Waals surface area contributed by atoms with Crippen LogP contribution in [0.2, 0.25) is 0 Å². The summed E-state index contributed by atoms with van der Waals surface area (Å²) in [6.07, 6.45) is 9.52. The summed E-state index contributed by atoms with van der Waals surface area (Å²) in [5, 5.41) is 54.4. The number of amides is 4. The van der Waals surface area contributed by atoms with E-state index in [1.54, 1.807) is 81.6 Å². The number of nitrogens with two attached hydrogens (primary N) is 3. The van der Waals surface area contributed by atoms with E-state index < -0.39 is 103 Å². The summed E-state index contributed by atoms with van der Waals surface area (Å²) in [5.41, 5.74) is 13.9. The molecule has 4 bridgehead atoms. The van der Waals surface area contributed by atoms with Crippen LogP contribution >= 0.6 is 0 Å². The third-order valence-corrected chi connectivity index (χ3v) is 14.8. The predicted molar refractivity (Wildman–Crippen MR) is 316 cm³/mol. The highest BCUT2D eigenvalue weighted by Gasteiger charge is 2.37. The zero-order chi connectivity index (χ0) is 63.1. The molecule has 13 N–H and O–H groups in total. The first-order valence-corrected chi connectivity index (χ1v) is 27.9. The lowest BCUT2D eigenvalue weighted by atomic mass is 9.84. The number of methoxy groups -OCH3 is 4. The Morgan fingerprint density at radius 2 is 1.06 bits per heavy atom. The lowest BCUT2D eigenvalue weighted by Crippen LogP contribution is -2.84. The summed E-state index contributed by atoms with van der Waals surface area (Å²) < 4.78 is 33.2. The van der Waals surface area contributed by atoms with Crippen LogP contribution in [-0.2, 0) is 47.6 Å². The SMILES string of the molecule is C=CCNC1=C2C[C@@H](C)C[C@H](OC)[C@H](O)[C@@H](C)/C=C(\C)[C@H](OC(N)=O)[C@@H](OC)/C=C\C=C(/C)C(=O)NC(=CC1O)C2=O.C=CC[NH2+]C1=C2C[C@@H](C)C[C@H](OC)[C@H](O)[C@@H](C)/C=C(\C)[C@H](OC(N)=O)[C@@H](OC)/C=C\C=C(/C)C(=O)NC(=CC1O)C2=O. The molecule has 4 amide bonds. The zero-order valence-corrected chi connectivity index (χ0v) is 50.6. The topological polar surface area (TPSA) is 343 Å². The Kier molecular flexibility index (Phi) is 29.6. The van der Waals surface area contributed by atoms with Crippen LogP contribution in [0.4, 0.5) is 9.59 Å². The molecule has 2 heterocycles. The van der Waals surface area contributed by atoms with Gasteiger partial charge in [-0.2, -0.15) is 0 Å². The molecule has 14 atom stereocenters. The van der Waals surface area contributed by atoms with Gasteiger partial charge in [0, 0.05) is 63.5 Å². The summed E-state index contributed by atoms with van der Waals surface area (Å²) in [6.45, 7) is 22.3. The number of nitrogens with one attached hydrogen (secondary N) is 3. The highest BCUT2D eigenvalue weighted by Crippen LogP contribution is 2.32. The Labute approximate surface area is 493 Å². The third-order valence-electron chi connectivity index (χ3n) is 14.8. The van der Waals surface area contributed by atoms with Crippen LogP contribution in [0.5, 0.6) is 0 Å². The molecular formula is C62H91N6O16+. The second-order valence-electron chi connectivity index (χ2n) is 21.6. The first-order chi connectivity index (χ1) is 39.7. The van der Waals surface area contributed by atoms with Crippen molar-refractivity contribution in [3.05, 3.63) is 142 Å². The normalized spacial score (nSPS) is 33.4. The highest BCUT2D eigenvalue weighted by atomic mass is 16.6. The minimum atomic E-state index is -1.15. The van der Waals surface area contributed by atoms with E-state index in [2.05, 4.69) is 29.1 Å². The Morgan fingerprint density at radius 3 is 1.45 bits per heavy atom. The van der Waals surface area contributed by atoms with Crippen LogP contribution < -0.4 is 32.7 Å². The van der Waals surface area contributed by atoms with E-state index >= 15 is 0 Å². The van der Waals surface area contributed by atoms with Crippen LogP contribution in [-0.4, -0.2) is 159 Å². The number of Topliss-reactive ketones (excluding diaryl/α,β-unsaturated/α-hetero) is 2. The van der Waals surface area contributed by atoms with E-state index in [9.17, 15) is 49.2 Å². The van der Waals surface area contributed by atoms with Crippen molar-refractivity contribution in [1.29, 1.82) is 0 Å². The average molecular weight is 1180 g/mol. The Hall–Kier alpha value is -6.86. The summed E-state index contributed by atoms with van der Waals surface area (Å²) in [5.74, 6) is -3.02. The van der Waals surface area contributed by atoms with Crippen LogP contribution in [0.15, 0.2) is 142 Å². The first-order valence-electron chi connectivity index (χ1n) is 27.9. The molecule has 0 aromatic rings. The van der Waals surface area contributed by atoms with Crippen molar-refractivity contribution >= 4 is 35.6 Å². The van der Waals surface area contributed by atoms with Gasteiger partial charge < -0.3 is 81.6 Å². The number of aliphatic hydroxyl groups excluding tert-OH is 4. The van der Waals surface area contributed by atoms with Crippen molar-refractivity contribution in [2.45, 2.75) is 142 Å². The molecule has 84 heavy (non-hydrogen) atoms. The van der Waals surface area contributed by atoms with Gasteiger partial charge in [0.15, 0.2) is 12.2 Å². The molecule has 2 unspecified atom stereocenters. The minimum absolute atomic E-state index is 0.0124. The van der Waals surface area contributed by atoms with E-state index in [0.717, 1.165) is 0 Å². The second-order valence-corrected chi connectivity index (χ2v) is 21.6. The quantitative estimate of drug-likeness (QED) is 0.125. The van der Waals surface area contributed by atoms with Gasteiger partial charge in [-0.25, -0.2) is 9.59 Å². The molecule has 0 radical (unpaired) electrons. The van der Waals surface area contributed by atoms with E-state index in [-0.39, 0.29) is 53.0 Å². The molecule has 2 aliphatic heterocycles. The largest absolute Gasteiger partial charge is 0.439 e. The Morgan fingerprint density at radius 1 is 0.643 bits per heavy atom. The highest BCUT2D eigenvalue weighted by molar-refractivity contribution is 6.13. The number of quaternary nitrogens is 1. The Bertz CT molecular complexity index is 2520. The van der Waals surface area contributed by atoms with Crippen LogP contribution in [0, 0.1) is 23.7 Å². The molecule has 22 heteroatoms. The number of primary amides is 2. The van der Waals surface area contributed by atoms with Crippen molar-refractivity contribution in [2.75, 3.05) is 41.5 Å². The van der Waals surface area contributed by atoms with E-state index in [0.29, 0.717) is 59.6 Å². The van der Waals surface area contributed by atoms with Gasteiger partial charge in [-0.05, 0) is 94.6 Å². The maximum atomic E-state index is 13.6. The number of fused-ring (bicyclic) bond motifs is 4. The lowest BCUT2D eigenvalue weighted by Gasteiger charge is -2.30. The summed E-state index contributed by atoms with van der Waals surface area (Å²) in [4.78, 5) is 76.6. The Balaban J connectivity index is 0.000000440. The standard InChI is InChI=1S/2C31H45N3O8/c2*1-8-12-33-26-21-13-17(2)14-25(41-7)27(36)19(4)15-20(5)29(42-31(32)39)24(40-6)11-9-10-18(3)30(38)34-22(28(21)37)16-23(26)35/h2*8-11,15-17,19,23-25,27,29,33,35-36H,1,12-14H2,2-7H3,(H2,32,39)(H,34,38)/p+1/b2*11-9-,18-10+,20-15+/t2*17-,19+,23?,24+,25+,27-,29+/m11/s1. The molecular weight excluding hydrogens is 1080 g/mol. The molecule has 0 aromatic heterocycles. The molecule has 4 aliphatic rings. The number of ether oxygens (including phenoxy) is 6. The van der Waals surface area contributed by atoms with Crippen LogP contribution in [0.3, 0.4) is 0 Å². The van der Waals surface area contributed by atoms with Crippen molar-refractivity contribution in [3.8, 4) is 0 Å². The number of hydrogen-bond donors (Lipinski definition) is 10. The number of hydrogen-bond acceptors (Lipinski definition) is 17. The number of rotatable bonds is 12. The maximum Gasteiger partial charge on any atom is 0.405 e. The summed E-state index contributed by atoms with van der Waals surface area (Å²) >= 11 is 0. The molecule has 22 nitrogen and oxygen atoms in total. The molecule has 0 aromatic carbocycles. The van der Waals surface area contributed by atoms with E-state index in [4.69, 9.17) is 39.9 Å². The number of carbonyl (C=O) groups excluding carboxylic acids is 6. The second kappa shape index (κ2) is 34.8. The van der Waals surface area contributed by atoms with Gasteiger partial charge in [0.1, 0.15) is 30.1 Å². The fourth-order valence-corrected chi connectivity index (χ4v) is 10.2. The van der Waals surface area contributed by atoms with Crippen molar-refractivity contribution in [1.82, 2.24) is 16.0 Å². The first kappa shape index (κ1) is 71.4. The van der Waals surface area contributed by atoms with E-state index in [1.807, 2.05) is 27.7 Å². The molecule has 4 rings (SSSR count). The van der Waals surface area contributed by atoms with Gasteiger partial charge >= 0.3 is 12.2 Å². The molecule has 0 saturated carbocycles. The van der Waals surface area contributed by atoms with E-state index in [1.165, 1.54) is 52.7 Å². The summed E-state index contributed by atoms with van der Waals surface area (Å²) in [6, 6.07) is 0. The van der Waals surface area contributed by atoms with Crippen LogP contribution in [0.1, 0.15) is 81.1 Å². The van der Waals surface area contributed by atoms with Crippen molar-refractivity contribution in [2.24, 2.45) is 35.1 Å². The average Bonchev–Trinajstić information content (AvgIpc) is 3.53. The van der Waals surface area contributed by atoms with Gasteiger partial charge in [0.05, 0.1) is 53.6 Å². The molecule has 2 aliphatic carbocycles. The molecule has 464 valence electrons. The van der Waals surface area contributed by atoms with Gasteiger partial charge in [0.25, 0.3) is 11.8 Å². The van der Waals surface area contributed by atoms with Crippen molar-refractivity contribution in [3.63, 3.8) is 0 Å². The lowest BCUT2D eigenvalue weighted by molar-refractivity contribution is -0.603. The smallest absolute Gasteiger partial charge is 0.405 e. The fourth-order valence-electron chi connectivity index (χ4n) is 10.2. The fraction of sp³-hybridized carbons (Fsp3) is 0.516. The van der Waals surface area contributed by atoms with Gasteiger partial charge in [-0.1, -0.05) is 89.0 Å². The number of carbonyl (C=O) groups is 6. The molecule has 0 saturated heterocycles. The number of ketones is 2. The van der Waals surface area contributed by atoms with Gasteiger partial charge in [-0.3, -0.25) is 19.2 Å². The molecule has 0 fully saturated rings. The maximum absolute atomic E-state index is 13.6. The van der Waals surface area contributed by atoms with Gasteiger partial charge in [0.2, 0.25) is 11.6 Å². The number of aliphatic hydroxyl groups is 4.